The molecule has 0 aliphatic carbocycles. The summed E-state index contributed by atoms with van der Waals surface area (Å²) in [6.07, 6.45) is 4.12. The van der Waals surface area contributed by atoms with E-state index in [1.807, 2.05) is 10.6 Å². The number of nitrogens with one attached hydrogen (secondary N) is 1. The third kappa shape index (κ3) is 2.92. The van der Waals surface area contributed by atoms with Crippen molar-refractivity contribution in [3.63, 3.8) is 0 Å². The molecule has 1 N–H and O–H groups in total. The molecule has 23 heavy (non-hydrogen) atoms. The Labute approximate surface area is 134 Å². The second-order valence-corrected chi connectivity index (χ2v) is 6.24. The first-order valence-electron chi connectivity index (χ1n) is 8.12. The molecule has 0 saturated carbocycles. The van der Waals surface area contributed by atoms with Gasteiger partial charge in [0.2, 0.25) is 0 Å². The number of aromatic nitrogens is 3. The van der Waals surface area contributed by atoms with Crippen molar-refractivity contribution in [1.82, 2.24) is 19.5 Å². The number of hydrogen-bond donors (Lipinski definition) is 1. The molecule has 5 nitrogen and oxygen atoms in total. The standard InChI is InChI=1S/C18H20N4O/c23-18-11-17-19-9-8-16(22(17)20-18)15-7-4-10-21(13-15)12-14-5-2-1-3-6-14/h1-3,5-6,8-9,11,15H,4,7,10,12-13H2,(H,20,23). The SMILES string of the molecule is O=c1cc2nccc(C3CCCN(Cc4ccccc4)C3)n2[nH]1. The molecule has 3 aromatic rings. The van der Waals surface area contributed by atoms with Gasteiger partial charge in [-0.05, 0) is 31.0 Å². The van der Waals surface area contributed by atoms with Gasteiger partial charge < -0.3 is 0 Å². The van der Waals surface area contributed by atoms with Gasteiger partial charge in [-0.2, -0.15) is 0 Å². The van der Waals surface area contributed by atoms with E-state index in [0.717, 1.165) is 31.7 Å². The van der Waals surface area contributed by atoms with E-state index < -0.39 is 0 Å². The Balaban J connectivity index is 1.58. The molecule has 2 aromatic heterocycles. The summed E-state index contributed by atoms with van der Waals surface area (Å²) in [6.45, 7) is 3.11. The van der Waals surface area contributed by atoms with Crippen LogP contribution in [0.1, 0.15) is 30.0 Å². The Morgan fingerprint density at radius 1 is 1.22 bits per heavy atom. The molecule has 4 rings (SSSR count). The molecule has 0 radical (unpaired) electrons. The zero-order valence-electron chi connectivity index (χ0n) is 13.0. The zero-order chi connectivity index (χ0) is 15.6. The van der Waals surface area contributed by atoms with E-state index in [1.165, 1.54) is 12.0 Å². The van der Waals surface area contributed by atoms with E-state index in [0.29, 0.717) is 11.6 Å². The molecule has 3 heterocycles. The molecule has 1 unspecified atom stereocenters. The minimum Gasteiger partial charge on any atom is -0.298 e. The van der Waals surface area contributed by atoms with E-state index in [2.05, 4.69) is 45.3 Å². The van der Waals surface area contributed by atoms with Crippen LogP contribution in [0.25, 0.3) is 5.65 Å². The summed E-state index contributed by atoms with van der Waals surface area (Å²) < 4.78 is 1.85. The molecule has 0 spiro atoms. The number of fused-ring (bicyclic) bond motifs is 1. The third-order valence-electron chi connectivity index (χ3n) is 4.59. The first-order valence-corrected chi connectivity index (χ1v) is 8.12. The monoisotopic (exact) mass is 308 g/mol. The van der Waals surface area contributed by atoms with Crippen molar-refractivity contribution in [3.8, 4) is 0 Å². The van der Waals surface area contributed by atoms with Gasteiger partial charge in [-0.15, -0.1) is 0 Å². The predicted molar refractivity (Wildman–Crippen MR) is 89.5 cm³/mol. The van der Waals surface area contributed by atoms with Crippen LogP contribution in [-0.4, -0.2) is 32.6 Å². The molecule has 1 saturated heterocycles. The highest BCUT2D eigenvalue weighted by Crippen LogP contribution is 2.27. The summed E-state index contributed by atoms with van der Waals surface area (Å²) in [5, 5.41) is 2.87. The minimum atomic E-state index is -0.0955. The maximum absolute atomic E-state index is 11.6. The van der Waals surface area contributed by atoms with E-state index in [1.54, 1.807) is 12.3 Å². The van der Waals surface area contributed by atoms with Gasteiger partial charge in [0.05, 0.1) is 0 Å². The summed E-state index contributed by atoms with van der Waals surface area (Å²) in [7, 11) is 0. The summed E-state index contributed by atoms with van der Waals surface area (Å²) in [5.41, 5.74) is 3.10. The maximum Gasteiger partial charge on any atom is 0.266 e. The van der Waals surface area contributed by atoms with E-state index in [-0.39, 0.29) is 5.56 Å². The fraction of sp³-hybridized carbons (Fsp3) is 0.333. The molecule has 5 heteroatoms. The fourth-order valence-corrected chi connectivity index (χ4v) is 3.54. The van der Waals surface area contributed by atoms with Gasteiger partial charge in [-0.3, -0.25) is 14.8 Å². The molecule has 0 bridgehead atoms. The minimum absolute atomic E-state index is 0.0955. The first kappa shape index (κ1) is 14.2. The Morgan fingerprint density at radius 2 is 2.09 bits per heavy atom. The van der Waals surface area contributed by atoms with Gasteiger partial charge in [-0.25, -0.2) is 9.50 Å². The van der Waals surface area contributed by atoms with Gasteiger partial charge >= 0.3 is 0 Å². The predicted octanol–water partition coefficient (Wildman–Crippen LogP) is 2.40. The van der Waals surface area contributed by atoms with Crippen molar-refractivity contribution in [3.05, 3.63) is 70.3 Å². The maximum atomic E-state index is 11.6. The summed E-state index contributed by atoms with van der Waals surface area (Å²) in [4.78, 5) is 18.4. The second kappa shape index (κ2) is 6.01. The van der Waals surface area contributed by atoms with Crippen LogP contribution in [0.4, 0.5) is 0 Å². The fourth-order valence-electron chi connectivity index (χ4n) is 3.54. The lowest BCUT2D eigenvalue weighted by molar-refractivity contribution is 0.197. The van der Waals surface area contributed by atoms with Gasteiger partial charge in [0.15, 0.2) is 5.65 Å². The number of benzene rings is 1. The number of piperidine rings is 1. The second-order valence-electron chi connectivity index (χ2n) is 6.24. The number of hydrogen-bond acceptors (Lipinski definition) is 3. The van der Waals surface area contributed by atoms with Crippen molar-refractivity contribution >= 4 is 5.65 Å². The van der Waals surface area contributed by atoms with Gasteiger partial charge in [-0.1, -0.05) is 30.3 Å². The number of nitrogens with zero attached hydrogens (tertiary/aromatic N) is 3. The third-order valence-corrected chi connectivity index (χ3v) is 4.59. The Morgan fingerprint density at radius 3 is 2.96 bits per heavy atom. The topological polar surface area (TPSA) is 53.4 Å². The van der Waals surface area contributed by atoms with E-state index in [9.17, 15) is 4.79 Å². The Bertz CT molecular complexity index is 852. The van der Waals surface area contributed by atoms with Crippen molar-refractivity contribution in [2.75, 3.05) is 13.1 Å². The van der Waals surface area contributed by atoms with Crippen molar-refractivity contribution in [2.45, 2.75) is 25.3 Å². The van der Waals surface area contributed by atoms with Crippen LogP contribution in [-0.2, 0) is 6.54 Å². The molecule has 1 atom stereocenters. The van der Waals surface area contributed by atoms with Crippen LogP contribution in [0.15, 0.2) is 53.5 Å². The van der Waals surface area contributed by atoms with Crippen LogP contribution in [0, 0.1) is 0 Å². The van der Waals surface area contributed by atoms with Crippen molar-refractivity contribution in [1.29, 1.82) is 0 Å². The molecular formula is C18H20N4O. The van der Waals surface area contributed by atoms with E-state index in [4.69, 9.17) is 0 Å². The van der Waals surface area contributed by atoms with E-state index >= 15 is 0 Å². The van der Waals surface area contributed by atoms with Crippen LogP contribution >= 0.6 is 0 Å². The van der Waals surface area contributed by atoms with Crippen LogP contribution < -0.4 is 5.56 Å². The van der Waals surface area contributed by atoms with Gasteiger partial charge in [0.1, 0.15) is 0 Å². The molecular weight excluding hydrogens is 288 g/mol. The molecule has 1 fully saturated rings. The number of H-pyrrole nitrogens is 1. The summed E-state index contributed by atoms with van der Waals surface area (Å²) >= 11 is 0. The van der Waals surface area contributed by atoms with Crippen LogP contribution in [0.5, 0.6) is 0 Å². The zero-order valence-corrected chi connectivity index (χ0v) is 13.0. The average molecular weight is 308 g/mol. The highest BCUT2D eigenvalue weighted by atomic mass is 16.1. The lowest BCUT2D eigenvalue weighted by atomic mass is 9.94. The number of rotatable bonds is 3. The highest BCUT2D eigenvalue weighted by Gasteiger charge is 2.23. The lowest BCUT2D eigenvalue weighted by Crippen LogP contribution is -2.34. The molecule has 0 amide bonds. The average Bonchev–Trinajstić information content (AvgIpc) is 2.96. The van der Waals surface area contributed by atoms with Crippen molar-refractivity contribution in [2.24, 2.45) is 0 Å². The highest BCUT2D eigenvalue weighted by molar-refractivity contribution is 5.37. The summed E-state index contributed by atoms with van der Waals surface area (Å²) in [5.74, 6) is 0.418. The smallest absolute Gasteiger partial charge is 0.266 e. The number of aromatic amines is 1. The lowest BCUT2D eigenvalue weighted by Gasteiger charge is -2.33. The quantitative estimate of drug-likeness (QED) is 0.808. The van der Waals surface area contributed by atoms with Gasteiger partial charge in [0, 0.05) is 37.0 Å². The summed E-state index contributed by atoms with van der Waals surface area (Å²) in [6, 6.07) is 14.2. The molecule has 1 aliphatic rings. The van der Waals surface area contributed by atoms with Crippen LogP contribution in [0.2, 0.25) is 0 Å². The van der Waals surface area contributed by atoms with Crippen molar-refractivity contribution < 1.29 is 0 Å². The largest absolute Gasteiger partial charge is 0.298 e. The molecule has 118 valence electrons. The normalized spacial score (nSPS) is 19.2. The Kier molecular flexibility index (Phi) is 3.71. The number of likely N-dealkylation sites (tertiary alicyclic amines) is 1. The molecule has 1 aromatic carbocycles. The first-order chi connectivity index (χ1) is 11.3. The van der Waals surface area contributed by atoms with Crippen LogP contribution in [0.3, 0.4) is 0 Å². The molecule has 1 aliphatic heterocycles. The van der Waals surface area contributed by atoms with Gasteiger partial charge in [0.25, 0.3) is 5.56 Å². The Hall–Kier alpha value is -2.40.